The number of benzene rings is 1. The zero-order valence-electron chi connectivity index (χ0n) is 18.4. The van der Waals surface area contributed by atoms with Crippen molar-refractivity contribution in [3.63, 3.8) is 0 Å². The molecule has 2 atom stereocenters. The van der Waals surface area contributed by atoms with Crippen molar-refractivity contribution in [1.29, 1.82) is 0 Å². The Bertz CT molecular complexity index is 1260. The molecule has 2 aromatic heterocycles. The van der Waals surface area contributed by atoms with E-state index in [0.29, 0.717) is 19.4 Å². The SMILES string of the molecule is CCC(Cn1c(=O)n(CC2CC(Cl)=Cc3c(C)c(C)n(C)c32)c2ccccc21)C(=O)O. The summed E-state index contributed by atoms with van der Waals surface area (Å²) < 4.78 is 5.60. The number of carboxylic acid groups (broad SMARTS) is 1. The molecule has 4 rings (SSSR count). The van der Waals surface area contributed by atoms with Crippen LogP contribution >= 0.6 is 11.6 Å². The van der Waals surface area contributed by atoms with Gasteiger partial charge in [-0.05, 0) is 50.5 Å². The van der Waals surface area contributed by atoms with Crippen LogP contribution in [-0.4, -0.2) is 24.8 Å². The predicted octanol–water partition coefficient (Wildman–Crippen LogP) is 4.64. The maximum absolute atomic E-state index is 13.5. The van der Waals surface area contributed by atoms with Gasteiger partial charge >= 0.3 is 11.7 Å². The Morgan fingerprint density at radius 1 is 1.23 bits per heavy atom. The smallest absolute Gasteiger partial charge is 0.329 e. The van der Waals surface area contributed by atoms with Crippen LogP contribution in [0, 0.1) is 19.8 Å². The van der Waals surface area contributed by atoms with E-state index in [1.807, 2.05) is 37.3 Å². The molecule has 0 aliphatic heterocycles. The molecule has 0 spiro atoms. The summed E-state index contributed by atoms with van der Waals surface area (Å²) in [5, 5.41) is 10.3. The molecule has 1 aliphatic carbocycles. The molecule has 0 saturated heterocycles. The minimum Gasteiger partial charge on any atom is -0.481 e. The number of halogens is 1. The minimum atomic E-state index is -0.880. The predicted molar refractivity (Wildman–Crippen MR) is 124 cm³/mol. The van der Waals surface area contributed by atoms with E-state index in [9.17, 15) is 14.7 Å². The Labute approximate surface area is 186 Å². The standard InChI is InChI=1S/C24H28ClN3O3/c1-5-16(23(29)30)12-27-20-8-6-7-9-21(20)28(24(27)31)13-17-10-18(25)11-19-14(2)15(3)26(4)22(17)19/h6-9,11,16-17H,5,10,12-13H2,1-4H3,(H,29,30). The van der Waals surface area contributed by atoms with Gasteiger partial charge in [0.05, 0.1) is 17.0 Å². The minimum absolute atomic E-state index is 0.0586. The summed E-state index contributed by atoms with van der Waals surface area (Å²) in [6.45, 7) is 6.69. The molecule has 1 aromatic carbocycles. The van der Waals surface area contributed by atoms with Gasteiger partial charge in [0.25, 0.3) is 0 Å². The summed E-state index contributed by atoms with van der Waals surface area (Å²) in [6, 6.07) is 7.61. The van der Waals surface area contributed by atoms with Crippen LogP contribution in [0.25, 0.3) is 17.1 Å². The van der Waals surface area contributed by atoms with E-state index in [4.69, 9.17) is 11.6 Å². The van der Waals surface area contributed by atoms with Gasteiger partial charge in [0.15, 0.2) is 0 Å². The molecular weight excluding hydrogens is 414 g/mol. The number of rotatable bonds is 6. The zero-order valence-corrected chi connectivity index (χ0v) is 19.1. The Hall–Kier alpha value is -2.73. The molecule has 2 heterocycles. The lowest BCUT2D eigenvalue weighted by Gasteiger charge is -2.24. The molecule has 3 aromatic rings. The number of aromatic nitrogens is 3. The van der Waals surface area contributed by atoms with Crippen LogP contribution in [0.5, 0.6) is 0 Å². The van der Waals surface area contributed by atoms with Crippen molar-refractivity contribution >= 4 is 34.7 Å². The van der Waals surface area contributed by atoms with Crippen molar-refractivity contribution in [3.8, 4) is 0 Å². The van der Waals surface area contributed by atoms with E-state index >= 15 is 0 Å². The monoisotopic (exact) mass is 441 g/mol. The number of allylic oxidation sites excluding steroid dienone is 1. The highest BCUT2D eigenvalue weighted by molar-refractivity contribution is 6.31. The molecule has 0 radical (unpaired) electrons. The number of imidazole rings is 1. The van der Waals surface area contributed by atoms with Crippen LogP contribution in [0.4, 0.5) is 0 Å². The molecular formula is C24H28ClN3O3. The van der Waals surface area contributed by atoms with Crippen LogP contribution in [-0.2, 0) is 24.9 Å². The molecule has 2 unspecified atom stereocenters. The highest BCUT2D eigenvalue weighted by atomic mass is 35.5. The van der Waals surface area contributed by atoms with Gasteiger partial charge in [-0.3, -0.25) is 13.9 Å². The number of carboxylic acids is 1. The highest BCUT2D eigenvalue weighted by Crippen LogP contribution is 2.40. The van der Waals surface area contributed by atoms with Crippen LogP contribution in [0.15, 0.2) is 34.1 Å². The number of nitrogens with zero attached hydrogens (tertiary/aromatic N) is 3. The second-order valence-electron chi connectivity index (χ2n) is 8.50. The van der Waals surface area contributed by atoms with Gasteiger partial charge in [-0.15, -0.1) is 0 Å². The first-order valence-corrected chi connectivity index (χ1v) is 11.0. The lowest BCUT2D eigenvalue weighted by atomic mass is 9.91. The average Bonchev–Trinajstić information content (AvgIpc) is 3.12. The molecule has 1 N–H and O–H groups in total. The second-order valence-corrected chi connectivity index (χ2v) is 8.98. The Morgan fingerprint density at radius 3 is 2.48 bits per heavy atom. The number of aliphatic carboxylic acids is 1. The van der Waals surface area contributed by atoms with Crippen LogP contribution in [0.3, 0.4) is 0 Å². The molecule has 31 heavy (non-hydrogen) atoms. The van der Waals surface area contributed by atoms with Gasteiger partial charge in [-0.1, -0.05) is 30.7 Å². The summed E-state index contributed by atoms with van der Waals surface area (Å²) in [6.07, 6.45) is 3.18. The Balaban J connectivity index is 1.82. The fourth-order valence-corrected chi connectivity index (χ4v) is 5.12. The first kappa shape index (κ1) is 21.5. The summed E-state index contributed by atoms with van der Waals surface area (Å²) in [5.41, 5.74) is 6.17. The summed E-state index contributed by atoms with van der Waals surface area (Å²) in [7, 11) is 2.06. The van der Waals surface area contributed by atoms with E-state index in [2.05, 4.69) is 25.5 Å². The van der Waals surface area contributed by atoms with Gasteiger partial charge in [0.2, 0.25) is 0 Å². The highest BCUT2D eigenvalue weighted by Gasteiger charge is 2.29. The van der Waals surface area contributed by atoms with Crippen LogP contribution in [0.1, 0.15) is 48.2 Å². The molecule has 7 heteroatoms. The van der Waals surface area contributed by atoms with Crippen LogP contribution in [0.2, 0.25) is 0 Å². The van der Waals surface area contributed by atoms with Crippen molar-refractivity contribution < 1.29 is 9.90 Å². The first-order valence-electron chi connectivity index (χ1n) is 10.7. The summed E-state index contributed by atoms with van der Waals surface area (Å²) in [5.74, 6) is -1.42. The molecule has 0 saturated carbocycles. The Kier molecular flexibility index (Phi) is 5.60. The molecule has 1 aliphatic rings. The molecule has 164 valence electrons. The van der Waals surface area contributed by atoms with E-state index in [-0.39, 0.29) is 18.2 Å². The van der Waals surface area contributed by atoms with Crippen LogP contribution < -0.4 is 5.69 Å². The zero-order chi connectivity index (χ0) is 22.4. The lowest BCUT2D eigenvalue weighted by molar-refractivity contribution is -0.142. The van der Waals surface area contributed by atoms with Gasteiger partial charge in [-0.2, -0.15) is 0 Å². The summed E-state index contributed by atoms with van der Waals surface area (Å²) >= 11 is 6.52. The van der Waals surface area contributed by atoms with Gasteiger partial charge in [0.1, 0.15) is 0 Å². The average molecular weight is 442 g/mol. The number of hydrogen-bond donors (Lipinski definition) is 1. The molecule has 0 amide bonds. The third kappa shape index (κ3) is 3.53. The normalized spacial score (nSPS) is 16.9. The maximum Gasteiger partial charge on any atom is 0.329 e. The van der Waals surface area contributed by atoms with E-state index in [1.54, 1.807) is 9.13 Å². The topological polar surface area (TPSA) is 69.2 Å². The maximum atomic E-state index is 13.5. The lowest BCUT2D eigenvalue weighted by Crippen LogP contribution is -2.31. The Morgan fingerprint density at radius 2 is 1.87 bits per heavy atom. The third-order valence-corrected chi connectivity index (χ3v) is 7.05. The second kappa shape index (κ2) is 8.08. The first-order chi connectivity index (χ1) is 14.7. The van der Waals surface area contributed by atoms with E-state index < -0.39 is 11.9 Å². The molecule has 0 fully saturated rings. The molecule has 0 bridgehead atoms. The van der Waals surface area contributed by atoms with Crippen molar-refractivity contribution in [2.45, 2.75) is 52.6 Å². The fourth-order valence-electron chi connectivity index (χ4n) is 4.82. The largest absolute Gasteiger partial charge is 0.481 e. The van der Waals surface area contributed by atoms with Gasteiger partial charge in [-0.25, -0.2) is 4.79 Å². The fraction of sp³-hybridized carbons (Fsp3) is 0.417. The van der Waals surface area contributed by atoms with Crippen molar-refractivity contribution in [2.24, 2.45) is 13.0 Å². The number of para-hydroxylation sites is 2. The van der Waals surface area contributed by atoms with E-state index in [0.717, 1.165) is 21.6 Å². The number of fused-ring (bicyclic) bond motifs is 2. The molecule has 6 nitrogen and oxygen atoms in total. The van der Waals surface area contributed by atoms with Crippen molar-refractivity contribution in [2.75, 3.05) is 0 Å². The van der Waals surface area contributed by atoms with Gasteiger partial charge in [0, 0.05) is 48.0 Å². The van der Waals surface area contributed by atoms with Crippen molar-refractivity contribution in [1.82, 2.24) is 13.7 Å². The van der Waals surface area contributed by atoms with Gasteiger partial charge < -0.3 is 9.67 Å². The quantitative estimate of drug-likeness (QED) is 0.606. The number of carbonyl (C=O) groups is 1. The van der Waals surface area contributed by atoms with E-state index in [1.165, 1.54) is 17.0 Å². The number of hydrogen-bond acceptors (Lipinski definition) is 2. The third-order valence-electron chi connectivity index (χ3n) is 6.79. The summed E-state index contributed by atoms with van der Waals surface area (Å²) in [4.78, 5) is 25.1. The van der Waals surface area contributed by atoms with Crippen molar-refractivity contribution in [3.05, 3.63) is 62.3 Å².